The lowest BCUT2D eigenvalue weighted by molar-refractivity contribution is -0.209. The van der Waals surface area contributed by atoms with Crippen LogP contribution in [0.1, 0.15) is 42.6 Å². The van der Waals surface area contributed by atoms with Crippen LogP contribution < -0.4 is 0 Å². The van der Waals surface area contributed by atoms with Crippen LogP contribution in [0.5, 0.6) is 0 Å². The highest BCUT2D eigenvalue weighted by atomic mass is 16.7. The van der Waals surface area contributed by atoms with Crippen LogP contribution in [0.3, 0.4) is 0 Å². The predicted octanol–water partition coefficient (Wildman–Crippen LogP) is 3.73. The maximum Gasteiger partial charge on any atom is 0.351 e. The van der Waals surface area contributed by atoms with Crippen molar-refractivity contribution in [1.82, 2.24) is 0 Å². The molecular formula is C22H24O6. The van der Waals surface area contributed by atoms with Gasteiger partial charge in [0.15, 0.2) is 12.4 Å². The molecule has 1 saturated heterocycles. The molecule has 1 unspecified atom stereocenters. The van der Waals surface area contributed by atoms with E-state index in [1.807, 2.05) is 24.3 Å². The Morgan fingerprint density at radius 3 is 2.04 bits per heavy atom. The minimum absolute atomic E-state index is 0.486. The van der Waals surface area contributed by atoms with E-state index in [0.29, 0.717) is 24.2 Å². The van der Waals surface area contributed by atoms with E-state index in [4.69, 9.17) is 18.9 Å². The third-order valence-corrected chi connectivity index (χ3v) is 4.49. The van der Waals surface area contributed by atoms with Gasteiger partial charge in [-0.1, -0.05) is 60.7 Å². The molecule has 2 aromatic carbocycles. The zero-order valence-corrected chi connectivity index (χ0v) is 15.8. The van der Waals surface area contributed by atoms with Crippen LogP contribution in [0.4, 0.5) is 0 Å². The molecule has 1 fully saturated rings. The summed E-state index contributed by atoms with van der Waals surface area (Å²) in [7, 11) is 1.26. The number of methoxy groups -OCH3 is 1. The van der Waals surface area contributed by atoms with E-state index in [1.165, 1.54) is 7.11 Å². The summed E-state index contributed by atoms with van der Waals surface area (Å²) < 4.78 is 21.9. The number of carbonyl (C=O) groups excluding carboxylic acids is 2. The molecule has 0 saturated carbocycles. The van der Waals surface area contributed by atoms with E-state index in [2.05, 4.69) is 0 Å². The summed E-state index contributed by atoms with van der Waals surface area (Å²) in [5, 5.41) is 0. The molecule has 6 heteroatoms. The molecule has 3 atom stereocenters. The van der Waals surface area contributed by atoms with E-state index >= 15 is 0 Å². The van der Waals surface area contributed by atoms with E-state index in [0.717, 1.165) is 12.8 Å². The number of carbonyl (C=O) groups is 2. The van der Waals surface area contributed by atoms with Crippen molar-refractivity contribution >= 4 is 11.9 Å². The lowest BCUT2D eigenvalue weighted by Gasteiger charge is -2.28. The fraction of sp³-hybridized carbons (Fsp3) is 0.364. The highest BCUT2D eigenvalue weighted by Crippen LogP contribution is 2.28. The van der Waals surface area contributed by atoms with E-state index in [1.54, 1.807) is 36.4 Å². The van der Waals surface area contributed by atoms with Crippen molar-refractivity contribution in [2.75, 3.05) is 13.7 Å². The smallest absolute Gasteiger partial charge is 0.351 e. The third kappa shape index (κ3) is 5.18. The van der Waals surface area contributed by atoms with Crippen LogP contribution in [-0.2, 0) is 28.5 Å². The summed E-state index contributed by atoms with van der Waals surface area (Å²) in [4.78, 5) is 25.2. The van der Waals surface area contributed by atoms with Crippen molar-refractivity contribution in [1.29, 1.82) is 0 Å². The monoisotopic (exact) mass is 384 g/mol. The van der Waals surface area contributed by atoms with Gasteiger partial charge in [-0.25, -0.2) is 9.59 Å². The van der Waals surface area contributed by atoms with Crippen molar-refractivity contribution in [2.24, 2.45) is 0 Å². The van der Waals surface area contributed by atoms with Crippen LogP contribution in [0.2, 0.25) is 0 Å². The minimum Gasteiger partial charge on any atom is -0.466 e. The second-order valence-corrected chi connectivity index (χ2v) is 6.47. The van der Waals surface area contributed by atoms with E-state index < -0.39 is 30.4 Å². The third-order valence-electron chi connectivity index (χ3n) is 4.49. The van der Waals surface area contributed by atoms with Gasteiger partial charge in [0.2, 0.25) is 6.10 Å². The Hall–Kier alpha value is -2.70. The lowest BCUT2D eigenvalue weighted by atomic mass is 10.1. The topological polar surface area (TPSA) is 71.1 Å². The quantitative estimate of drug-likeness (QED) is 0.678. The Bertz CT molecular complexity index is 755. The van der Waals surface area contributed by atoms with Gasteiger partial charge in [-0.15, -0.1) is 0 Å². The molecule has 0 bridgehead atoms. The van der Waals surface area contributed by atoms with Crippen LogP contribution >= 0.6 is 0 Å². The van der Waals surface area contributed by atoms with Crippen LogP contribution in [-0.4, -0.2) is 31.9 Å². The lowest BCUT2D eigenvalue weighted by Crippen LogP contribution is -2.31. The molecule has 2 aromatic rings. The average molecular weight is 384 g/mol. The Morgan fingerprint density at radius 2 is 1.50 bits per heavy atom. The average Bonchev–Trinajstić information content (AvgIpc) is 2.77. The molecule has 0 radical (unpaired) electrons. The van der Waals surface area contributed by atoms with Gasteiger partial charge < -0.3 is 18.9 Å². The fourth-order valence-corrected chi connectivity index (χ4v) is 3.03. The number of ether oxygens (including phenoxy) is 4. The van der Waals surface area contributed by atoms with Gasteiger partial charge in [0, 0.05) is 12.2 Å². The van der Waals surface area contributed by atoms with E-state index in [-0.39, 0.29) is 0 Å². The zero-order chi connectivity index (χ0) is 19.8. The molecule has 148 valence electrons. The van der Waals surface area contributed by atoms with Crippen molar-refractivity contribution in [3.63, 3.8) is 0 Å². The van der Waals surface area contributed by atoms with Gasteiger partial charge in [0.05, 0.1) is 7.11 Å². The van der Waals surface area contributed by atoms with Gasteiger partial charge in [-0.3, -0.25) is 0 Å². The van der Waals surface area contributed by atoms with Crippen molar-refractivity contribution < 1.29 is 28.5 Å². The van der Waals surface area contributed by atoms with E-state index in [9.17, 15) is 9.59 Å². The number of rotatable bonds is 7. The molecule has 0 aromatic heterocycles. The first kappa shape index (κ1) is 20.0. The number of esters is 2. The second kappa shape index (κ2) is 10.0. The molecular weight excluding hydrogens is 360 g/mol. The molecule has 6 nitrogen and oxygen atoms in total. The largest absolute Gasteiger partial charge is 0.466 e. The molecule has 1 aliphatic rings. The first-order chi connectivity index (χ1) is 13.7. The number of benzene rings is 2. The molecule has 0 spiro atoms. The SMILES string of the molecule is COC(=O)[C@@H](OC(=O)[C@@H](OC1CCCCO1)c1ccccc1)c1ccccc1. The molecule has 3 rings (SSSR count). The summed E-state index contributed by atoms with van der Waals surface area (Å²) >= 11 is 0. The molecule has 28 heavy (non-hydrogen) atoms. The minimum atomic E-state index is -1.17. The molecule has 1 heterocycles. The summed E-state index contributed by atoms with van der Waals surface area (Å²) in [5.74, 6) is -1.32. The first-order valence-corrected chi connectivity index (χ1v) is 9.34. The Morgan fingerprint density at radius 1 is 0.893 bits per heavy atom. The summed E-state index contributed by atoms with van der Waals surface area (Å²) in [6.45, 7) is 0.593. The molecule has 1 aliphatic heterocycles. The number of hydrogen-bond acceptors (Lipinski definition) is 6. The van der Waals surface area contributed by atoms with Gasteiger partial charge in [-0.2, -0.15) is 0 Å². The van der Waals surface area contributed by atoms with Crippen molar-refractivity contribution in [2.45, 2.75) is 37.8 Å². The van der Waals surface area contributed by atoms with Gasteiger partial charge in [0.25, 0.3) is 0 Å². The molecule has 0 amide bonds. The Labute approximate surface area is 164 Å². The summed E-state index contributed by atoms with van der Waals surface area (Å²) in [6.07, 6.45) is -0.00873. The standard InChI is InChI=1S/C22H24O6/c1-25-21(23)19(16-10-4-2-5-11-16)28-22(24)20(17-12-6-3-7-13-17)27-18-14-8-9-15-26-18/h2-7,10-13,18-20H,8-9,14-15H2,1H3/t18?,19-,20-/m0/s1. The van der Waals surface area contributed by atoms with Crippen molar-refractivity contribution in [3.8, 4) is 0 Å². The first-order valence-electron chi connectivity index (χ1n) is 9.34. The maximum absolute atomic E-state index is 13.0. The normalized spacial score (nSPS) is 18.7. The van der Waals surface area contributed by atoms with Gasteiger partial charge >= 0.3 is 11.9 Å². The molecule has 0 N–H and O–H groups in total. The fourth-order valence-electron chi connectivity index (χ4n) is 3.03. The van der Waals surface area contributed by atoms with Gasteiger partial charge in [0.1, 0.15) is 0 Å². The highest BCUT2D eigenvalue weighted by Gasteiger charge is 2.33. The summed E-state index contributed by atoms with van der Waals surface area (Å²) in [6, 6.07) is 17.8. The highest BCUT2D eigenvalue weighted by molar-refractivity contribution is 5.83. The molecule has 0 aliphatic carbocycles. The van der Waals surface area contributed by atoms with Gasteiger partial charge in [-0.05, 0) is 24.8 Å². The Balaban J connectivity index is 1.81. The predicted molar refractivity (Wildman–Crippen MR) is 101 cm³/mol. The Kier molecular flexibility index (Phi) is 7.17. The van der Waals surface area contributed by atoms with Crippen LogP contribution in [0.25, 0.3) is 0 Å². The second-order valence-electron chi connectivity index (χ2n) is 6.47. The van der Waals surface area contributed by atoms with Crippen LogP contribution in [0, 0.1) is 0 Å². The van der Waals surface area contributed by atoms with Crippen LogP contribution in [0.15, 0.2) is 60.7 Å². The summed E-state index contributed by atoms with van der Waals surface area (Å²) in [5.41, 5.74) is 1.17. The van der Waals surface area contributed by atoms with Crippen molar-refractivity contribution in [3.05, 3.63) is 71.8 Å². The zero-order valence-electron chi connectivity index (χ0n) is 15.8. The maximum atomic E-state index is 13.0. The number of hydrogen-bond donors (Lipinski definition) is 0.